The molecule has 2 aromatic carbocycles. The van der Waals surface area contributed by atoms with Gasteiger partial charge in [-0.1, -0.05) is 24.3 Å². The highest BCUT2D eigenvalue weighted by Crippen LogP contribution is 2.32. The molecule has 0 N–H and O–H groups in total. The lowest BCUT2D eigenvalue weighted by Gasteiger charge is -2.18. The number of imide groups is 1. The molecule has 7 heteroatoms. The first-order chi connectivity index (χ1) is 14.3. The van der Waals surface area contributed by atoms with Gasteiger partial charge in [0.05, 0.1) is 17.7 Å². The van der Waals surface area contributed by atoms with Gasteiger partial charge in [0.25, 0.3) is 11.8 Å². The molecular formula is C23H19NO6. The summed E-state index contributed by atoms with van der Waals surface area (Å²) >= 11 is 0. The van der Waals surface area contributed by atoms with Gasteiger partial charge in [-0.3, -0.25) is 19.3 Å². The molecule has 152 valence electrons. The molecular weight excluding hydrogens is 386 g/mol. The van der Waals surface area contributed by atoms with Crippen molar-refractivity contribution in [2.75, 3.05) is 6.61 Å². The van der Waals surface area contributed by atoms with E-state index in [0.29, 0.717) is 27.7 Å². The summed E-state index contributed by atoms with van der Waals surface area (Å²) in [6.07, 6.45) is 0. The smallest absolute Gasteiger partial charge is 0.379 e. The fourth-order valence-electron chi connectivity index (χ4n) is 3.56. The van der Waals surface area contributed by atoms with E-state index in [4.69, 9.17) is 9.15 Å². The van der Waals surface area contributed by atoms with E-state index >= 15 is 0 Å². The Morgan fingerprint density at radius 1 is 1.00 bits per heavy atom. The van der Waals surface area contributed by atoms with Crippen LogP contribution in [0.1, 0.15) is 44.3 Å². The number of amides is 2. The molecule has 0 fully saturated rings. The van der Waals surface area contributed by atoms with Crippen molar-refractivity contribution < 1.29 is 23.5 Å². The number of hydrogen-bond acceptors (Lipinski definition) is 6. The summed E-state index contributed by atoms with van der Waals surface area (Å²) in [6, 6.07) is 10.2. The Kier molecular flexibility index (Phi) is 4.73. The second-order valence-corrected chi connectivity index (χ2v) is 7.31. The van der Waals surface area contributed by atoms with Gasteiger partial charge in [0.1, 0.15) is 12.2 Å². The first-order valence-corrected chi connectivity index (χ1v) is 9.43. The molecule has 2 heterocycles. The normalized spacial score (nSPS) is 13.1. The lowest BCUT2D eigenvalue weighted by atomic mass is 10.0. The molecule has 0 aliphatic carbocycles. The molecule has 0 saturated heterocycles. The van der Waals surface area contributed by atoms with Crippen molar-refractivity contribution in [2.24, 2.45) is 0 Å². The van der Waals surface area contributed by atoms with Crippen LogP contribution in [0.3, 0.4) is 0 Å². The first kappa shape index (κ1) is 19.6. The molecule has 30 heavy (non-hydrogen) atoms. The van der Waals surface area contributed by atoms with Gasteiger partial charge in [0.2, 0.25) is 5.75 Å². The molecule has 0 bridgehead atoms. The molecule has 4 rings (SSSR count). The average molecular weight is 405 g/mol. The summed E-state index contributed by atoms with van der Waals surface area (Å²) in [5, 5.41) is 0.549. The number of rotatable bonds is 5. The number of carbonyl (C=O) groups excluding carboxylic acids is 3. The predicted molar refractivity (Wildman–Crippen MR) is 109 cm³/mol. The predicted octanol–water partition coefficient (Wildman–Crippen LogP) is 3.17. The molecule has 3 aromatic rings. The number of fused-ring (bicyclic) bond motifs is 2. The van der Waals surface area contributed by atoms with Crippen LogP contribution in [0.4, 0.5) is 0 Å². The number of aryl methyl sites for hydroxylation is 2. The molecule has 0 atom stereocenters. The van der Waals surface area contributed by atoms with Crippen LogP contribution in [0.2, 0.25) is 0 Å². The Labute approximate surface area is 171 Å². The number of ketones is 1. The molecule has 0 radical (unpaired) electrons. The molecule has 7 nitrogen and oxygen atoms in total. The van der Waals surface area contributed by atoms with Crippen molar-refractivity contribution >= 4 is 28.6 Å². The van der Waals surface area contributed by atoms with Gasteiger partial charge < -0.3 is 9.15 Å². The monoisotopic (exact) mass is 405 g/mol. The minimum absolute atomic E-state index is 0.169. The minimum atomic E-state index is -0.760. The van der Waals surface area contributed by atoms with Crippen molar-refractivity contribution in [1.82, 2.24) is 4.90 Å². The third kappa shape index (κ3) is 3.08. The molecule has 1 aliphatic rings. The van der Waals surface area contributed by atoms with E-state index in [1.807, 2.05) is 19.9 Å². The van der Waals surface area contributed by atoms with Crippen molar-refractivity contribution in [3.8, 4) is 5.75 Å². The standard InChI is InChI=1S/C23H19NO6/c1-12-8-9-15-18(10-24-21(26)16-6-4-5-7-17(16)22(24)27)20(29-11-13(2)25)23(28)30-19(15)14(12)3/h4-9H,10-11H2,1-3H3. The second kappa shape index (κ2) is 7.26. The largest absolute Gasteiger partial charge is 0.478 e. The van der Waals surface area contributed by atoms with Crippen molar-refractivity contribution in [2.45, 2.75) is 27.3 Å². The maximum absolute atomic E-state index is 12.8. The molecule has 1 aliphatic heterocycles. The van der Waals surface area contributed by atoms with E-state index < -0.39 is 17.4 Å². The zero-order valence-corrected chi connectivity index (χ0v) is 16.8. The minimum Gasteiger partial charge on any atom is -0.478 e. The maximum Gasteiger partial charge on any atom is 0.379 e. The van der Waals surface area contributed by atoms with E-state index in [-0.39, 0.29) is 24.7 Å². The molecule has 1 aromatic heterocycles. The fourth-order valence-corrected chi connectivity index (χ4v) is 3.56. The van der Waals surface area contributed by atoms with Crippen LogP contribution in [0.5, 0.6) is 5.75 Å². The number of Topliss-reactive ketones (excluding diaryl/α,β-unsaturated/α-hetero) is 1. The first-order valence-electron chi connectivity index (χ1n) is 9.43. The zero-order valence-electron chi connectivity index (χ0n) is 16.8. The summed E-state index contributed by atoms with van der Waals surface area (Å²) in [5.41, 5.74) is 2.26. The highest BCUT2D eigenvalue weighted by molar-refractivity contribution is 6.21. The lowest BCUT2D eigenvalue weighted by molar-refractivity contribution is -0.118. The summed E-state index contributed by atoms with van der Waals surface area (Å²) in [5.74, 6) is -1.34. The fraction of sp³-hybridized carbons (Fsp3) is 0.217. The summed E-state index contributed by atoms with van der Waals surface area (Å²) in [6.45, 7) is 4.54. The van der Waals surface area contributed by atoms with Gasteiger partial charge in [0.15, 0.2) is 5.78 Å². The van der Waals surface area contributed by atoms with Crippen LogP contribution in [-0.2, 0) is 11.3 Å². The number of hydrogen-bond donors (Lipinski definition) is 0. The number of carbonyl (C=O) groups is 3. The van der Waals surface area contributed by atoms with Gasteiger partial charge in [-0.15, -0.1) is 0 Å². The molecule has 0 spiro atoms. The molecule has 0 unspecified atom stereocenters. The van der Waals surface area contributed by atoms with Crippen LogP contribution >= 0.6 is 0 Å². The van der Waals surface area contributed by atoms with Crippen molar-refractivity contribution in [3.05, 3.63) is 74.6 Å². The third-order valence-electron chi connectivity index (χ3n) is 5.27. The second-order valence-electron chi connectivity index (χ2n) is 7.31. The van der Waals surface area contributed by atoms with Crippen LogP contribution in [0.25, 0.3) is 11.0 Å². The topological polar surface area (TPSA) is 93.9 Å². The summed E-state index contributed by atoms with van der Waals surface area (Å²) in [7, 11) is 0. The van der Waals surface area contributed by atoms with E-state index in [1.54, 1.807) is 30.3 Å². The Balaban J connectivity index is 1.88. The highest BCUT2D eigenvalue weighted by atomic mass is 16.5. The SMILES string of the molecule is CC(=O)COc1c(CN2C(=O)c3ccccc3C2=O)c2ccc(C)c(C)c2oc1=O. The number of benzene rings is 2. The molecule has 2 amide bonds. The van der Waals surface area contributed by atoms with Gasteiger partial charge in [0, 0.05) is 10.9 Å². The van der Waals surface area contributed by atoms with E-state index in [0.717, 1.165) is 16.0 Å². The van der Waals surface area contributed by atoms with Gasteiger partial charge in [-0.25, -0.2) is 4.79 Å². The average Bonchev–Trinajstić information content (AvgIpc) is 2.95. The van der Waals surface area contributed by atoms with E-state index in [2.05, 4.69) is 0 Å². The maximum atomic E-state index is 12.8. The quantitative estimate of drug-likeness (QED) is 0.478. The Bertz CT molecular complexity index is 1250. The molecule has 0 saturated carbocycles. The highest BCUT2D eigenvalue weighted by Gasteiger charge is 2.36. The zero-order chi connectivity index (χ0) is 21.6. The van der Waals surface area contributed by atoms with Crippen molar-refractivity contribution in [1.29, 1.82) is 0 Å². The van der Waals surface area contributed by atoms with Gasteiger partial charge in [-0.05, 0) is 44.0 Å². The van der Waals surface area contributed by atoms with Crippen LogP contribution in [0.15, 0.2) is 45.6 Å². The summed E-state index contributed by atoms with van der Waals surface area (Å²) in [4.78, 5) is 50.9. The van der Waals surface area contributed by atoms with Gasteiger partial charge >= 0.3 is 5.63 Å². The number of ether oxygens (including phenoxy) is 1. The Morgan fingerprint density at radius 3 is 2.23 bits per heavy atom. The van der Waals surface area contributed by atoms with Crippen LogP contribution < -0.4 is 10.4 Å². The van der Waals surface area contributed by atoms with E-state index in [9.17, 15) is 19.2 Å². The Morgan fingerprint density at radius 2 is 1.63 bits per heavy atom. The number of nitrogens with zero attached hydrogens (tertiary/aromatic N) is 1. The van der Waals surface area contributed by atoms with Crippen LogP contribution in [-0.4, -0.2) is 29.1 Å². The van der Waals surface area contributed by atoms with Gasteiger partial charge in [-0.2, -0.15) is 0 Å². The van der Waals surface area contributed by atoms with Crippen molar-refractivity contribution in [3.63, 3.8) is 0 Å². The van der Waals surface area contributed by atoms with E-state index in [1.165, 1.54) is 6.92 Å². The van der Waals surface area contributed by atoms with Crippen LogP contribution in [0, 0.1) is 13.8 Å². The lowest BCUT2D eigenvalue weighted by Crippen LogP contribution is -2.30. The summed E-state index contributed by atoms with van der Waals surface area (Å²) < 4.78 is 10.9. The third-order valence-corrected chi connectivity index (χ3v) is 5.27. The Hall–Kier alpha value is -3.74.